The van der Waals surface area contributed by atoms with Gasteiger partial charge in [-0.3, -0.25) is 4.90 Å². The van der Waals surface area contributed by atoms with Crippen molar-refractivity contribution < 1.29 is 5.11 Å². The van der Waals surface area contributed by atoms with Crippen molar-refractivity contribution in [2.24, 2.45) is 0 Å². The molecule has 2 fully saturated rings. The second-order valence-electron chi connectivity index (χ2n) is 12.3. The summed E-state index contributed by atoms with van der Waals surface area (Å²) in [6, 6.07) is 17.9. The second-order valence-corrected chi connectivity index (χ2v) is 12.3. The van der Waals surface area contributed by atoms with Gasteiger partial charge in [0.05, 0.1) is 0 Å². The van der Waals surface area contributed by atoms with Crippen LogP contribution in [0.4, 0.5) is 5.69 Å². The van der Waals surface area contributed by atoms with E-state index in [4.69, 9.17) is 0 Å². The fraction of sp³-hybridized carbons (Fsp3) is 0.484. The van der Waals surface area contributed by atoms with Crippen molar-refractivity contribution in [2.75, 3.05) is 25.0 Å². The lowest BCUT2D eigenvalue weighted by Crippen LogP contribution is -2.62. The van der Waals surface area contributed by atoms with Crippen molar-refractivity contribution in [3.05, 3.63) is 59.7 Å². The Kier molecular flexibility index (Phi) is 4.68. The summed E-state index contributed by atoms with van der Waals surface area (Å²) in [6.45, 7) is 11.7. The predicted octanol–water partition coefficient (Wildman–Crippen LogP) is 7.09. The second kappa shape index (κ2) is 7.24. The molecule has 1 aliphatic carbocycles. The Bertz CT molecular complexity index is 1260. The van der Waals surface area contributed by atoms with Crippen LogP contribution in [0.5, 0.6) is 5.75 Å². The molecular formula is C31H38N2O. The van der Waals surface area contributed by atoms with E-state index in [1.54, 1.807) is 0 Å². The first-order valence-electron chi connectivity index (χ1n) is 13.0. The summed E-state index contributed by atoms with van der Waals surface area (Å²) in [5, 5.41) is 13.6. The van der Waals surface area contributed by atoms with Crippen molar-refractivity contribution in [1.29, 1.82) is 0 Å². The molecule has 34 heavy (non-hydrogen) atoms. The summed E-state index contributed by atoms with van der Waals surface area (Å²) < 4.78 is 0. The zero-order valence-corrected chi connectivity index (χ0v) is 21.4. The fourth-order valence-electron chi connectivity index (χ4n) is 7.65. The molecule has 2 heterocycles. The molecule has 1 spiro atoms. The van der Waals surface area contributed by atoms with Crippen LogP contribution >= 0.6 is 0 Å². The van der Waals surface area contributed by atoms with E-state index in [1.165, 1.54) is 52.6 Å². The molecule has 2 aliphatic heterocycles. The van der Waals surface area contributed by atoms with Gasteiger partial charge in [0, 0.05) is 40.7 Å². The Morgan fingerprint density at radius 3 is 2.15 bits per heavy atom. The van der Waals surface area contributed by atoms with Crippen molar-refractivity contribution in [3.63, 3.8) is 0 Å². The molecule has 3 nitrogen and oxygen atoms in total. The Morgan fingerprint density at radius 2 is 1.44 bits per heavy atom. The molecular weight excluding hydrogens is 416 g/mol. The molecule has 3 aliphatic rings. The maximum absolute atomic E-state index is 11.4. The normalized spacial score (nSPS) is 22.7. The van der Waals surface area contributed by atoms with Gasteiger partial charge in [0.1, 0.15) is 5.75 Å². The number of benzene rings is 3. The van der Waals surface area contributed by atoms with Gasteiger partial charge in [-0.15, -0.1) is 0 Å². The molecule has 6 rings (SSSR count). The highest BCUT2D eigenvalue weighted by atomic mass is 16.3. The van der Waals surface area contributed by atoms with Gasteiger partial charge in [0.15, 0.2) is 0 Å². The van der Waals surface area contributed by atoms with Crippen molar-refractivity contribution in [3.8, 4) is 16.9 Å². The van der Waals surface area contributed by atoms with Crippen LogP contribution in [0, 0.1) is 0 Å². The van der Waals surface area contributed by atoms with Crippen LogP contribution in [0.2, 0.25) is 0 Å². The van der Waals surface area contributed by atoms with Crippen LogP contribution in [-0.2, 0) is 5.41 Å². The molecule has 0 atom stereocenters. The van der Waals surface area contributed by atoms with Crippen molar-refractivity contribution in [1.82, 2.24) is 4.90 Å². The number of phenolic OH excluding ortho intramolecular Hbond substituents is 1. The van der Waals surface area contributed by atoms with Gasteiger partial charge >= 0.3 is 0 Å². The number of piperidine rings is 2. The van der Waals surface area contributed by atoms with Crippen LogP contribution in [0.15, 0.2) is 48.5 Å². The van der Waals surface area contributed by atoms with Gasteiger partial charge < -0.3 is 10.0 Å². The quantitative estimate of drug-likeness (QED) is 0.425. The van der Waals surface area contributed by atoms with E-state index in [9.17, 15) is 5.11 Å². The Labute approximate surface area is 204 Å². The van der Waals surface area contributed by atoms with E-state index >= 15 is 0 Å². The minimum atomic E-state index is -0.0946. The van der Waals surface area contributed by atoms with Crippen LogP contribution in [0.1, 0.15) is 70.9 Å². The highest BCUT2D eigenvalue weighted by Crippen LogP contribution is 2.61. The van der Waals surface area contributed by atoms with Gasteiger partial charge in [-0.1, -0.05) is 30.3 Å². The number of anilines is 1. The molecule has 0 amide bonds. The van der Waals surface area contributed by atoms with Crippen LogP contribution in [-0.4, -0.2) is 41.2 Å². The predicted molar refractivity (Wildman–Crippen MR) is 143 cm³/mol. The van der Waals surface area contributed by atoms with E-state index in [-0.39, 0.29) is 16.5 Å². The summed E-state index contributed by atoms with van der Waals surface area (Å²) in [5.41, 5.74) is 6.67. The first kappa shape index (κ1) is 22.0. The highest BCUT2D eigenvalue weighted by Gasteiger charge is 2.55. The molecule has 0 aromatic heterocycles. The largest absolute Gasteiger partial charge is 0.507 e. The maximum atomic E-state index is 11.4. The van der Waals surface area contributed by atoms with Crippen LogP contribution in [0.3, 0.4) is 0 Å². The van der Waals surface area contributed by atoms with Gasteiger partial charge in [0.25, 0.3) is 0 Å². The zero-order valence-electron chi connectivity index (χ0n) is 21.4. The first-order valence-corrected chi connectivity index (χ1v) is 13.0. The lowest BCUT2D eigenvalue weighted by atomic mass is 9.60. The maximum Gasteiger partial charge on any atom is 0.123 e. The topological polar surface area (TPSA) is 26.7 Å². The summed E-state index contributed by atoms with van der Waals surface area (Å²) in [5.74, 6) is 0.425. The van der Waals surface area contributed by atoms with Gasteiger partial charge in [-0.2, -0.15) is 0 Å². The summed E-state index contributed by atoms with van der Waals surface area (Å²) in [6.07, 6.45) is 5.92. The zero-order chi connectivity index (χ0) is 23.9. The molecule has 2 saturated heterocycles. The molecule has 178 valence electrons. The smallest absolute Gasteiger partial charge is 0.123 e. The molecule has 0 radical (unpaired) electrons. The number of nitrogens with zero attached hydrogens (tertiary/aromatic N) is 2. The first-order chi connectivity index (χ1) is 16.1. The number of phenols is 1. The third kappa shape index (κ3) is 2.99. The highest BCUT2D eigenvalue weighted by molar-refractivity contribution is 6.06. The van der Waals surface area contributed by atoms with Crippen LogP contribution < -0.4 is 4.90 Å². The number of hydrogen-bond donors (Lipinski definition) is 1. The Hall–Kier alpha value is -2.52. The molecule has 3 aromatic rings. The molecule has 0 unspecified atom stereocenters. The standard InChI is InChI=1S/C31H38N2O/c1-29(2)19-31(20-30(3,4)32(29)5)25-12-8-7-11-23(25)28-22-14-13-21(33-15-9-6-10-16-33)17-24(22)27(34)18-26(28)31/h7-8,11-14,17-18,34H,6,9-10,15-16,19-20H2,1-5H3. The van der Waals surface area contributed by atoms with E-state index in [2.05, 4.69) is 93.1 Å². The average Bonchev–Trinajstić information content (AvgIpc) is 3.06. The molecule has 3 heteroatoms. The minimum Gasteiger partial charge on any atom is -0.507 e. The number of likely N-dealkylation sites (tertiary alicyclic amines) is 1. The van der Waals surface area contributed by atoms with Crippen molar-refractivity contribution >= 4 is 16.5 Å². The lowest BCUT2D eigenvalue weighted by Gasteiger charge is -2.58. The van der Waals surface area contributed by atoms with E-state index in [0.717, 1.165) is 31.3 Å². The SMILES string of the molecule is CN1C(C)(C)CC2(CC1(C)C)c1ccccc1-c1c2cc(O)c2cc(N3CCCCC3)ccc12. The van der Waals surface area contributed by atoms with E-state index in [1.807, 2.05) is 0 Å². The van der Waals surface area contributed by atoms with E-state index < -0.39 is 0 Å². The molecule has 0 bridgehead atoms. The Morgan fingerprint density at radius 1 is 0.765 bits per heavy atom. The average molecular weight is 455 g/mol. The lowest BCUT2D eigenvalue weighted by molar-refractivity contribution is -0.0317. The monoisotopic (exact) mass is 454 g/mol. The molecule has 0 saturated carbocycles. The number of rotatable bonds is 1. The number of aromatic hydroxyl groups is 1. The number of fused-ring (bicyclic) bond motifs is 7. The van der Waals surface area contributed by atoms with Crippen molar-refractivity contribution in [2.45, 2.75) is 76.3 Å². The summed E-state index contributed by atoms with van der Waals surface area (Å²) >= 11 is 0. The third-order valence-corrected chi connectivity index (χ3v) is 9.33. The molecule has 3 aromatic carbocycles. The summed E-state index contributed by atoms with van der Waals surface area (Å²) in [4.78, 5) is 5.03. The summed E-state index contributed by atoms with van der Waals surface area (Å²) in [7, 11) is 2.27. The van der Waals surface area contributed by atoms with Gasteiger partial charge in [-0.05, 0) is 113 Å². The van der Waals surface area contributed by atoms with Gasteiger partial charge in [0.2, 0.25) is 0 Å². The Balaban J connectivity index is 1.60. The minimum absolute atomic E-state index is 0.0408. The fourth-order valence-corrected chi connectivity index (χ4v) is 7.65. The van der Waals surface area contributed by atoms with Crippen LogP contribution in [0.25, 0.3) is 21.9 Å². The third-order valence-electron chi connectivity index (χ3n) is 9.33. The molecule has 1 N–H and O–H groups in total. The van der Waals surface area contributed by atoms with E-state index in [0.29, 0.717) is 5.75 Å². The van der Waals surface area contributed by atoms with Gasteiger partial charge in [-0.25, -0.2) is 0 Å². The number of hydrogen-bond acceptors (Lipinski definition) is 3.